The highest BCUT2D eigenvalue weighted by Crippen LogP contribution is 2.16. The lowest BCUT2D eigenvalue weighted by Gasteiger charge is -2.13. The Kier molecular flexibility index (Phi) is 6.39. The minimum Gasteiger partial charge on any atom is -0.484 e. The van der Waals surface area contributed by atoms with Crippen molar-refractivity contribution in [2.75, 3.05) is 37.5 Å². The van der Waals surface area contributed by atoms with Crippen LogP contribution in [0.4, 0.5) is 11.4 Å². The van der Waals surface area contributed by atoms with Gasteiger partial charge in [0.15, 0.2) is 6.61 Å². The van der Waals surface area contributed by atoms with Crippen molar-refractivity contribution < 1.29 is 19.1 Å². The van der Waals surface area contributed by atoms with Crippen LogP contribution in [0.1, 0.15) is 17.3 Å². The number of hydrogen-bond acceptors (Lipinski definition) is 5. The molecule has 0 atom stereocenters. The summed E-state index contributed by atoms with van der Waals surface area (Å²) < 4.78 is 10.3. The Morgan fingerprint density at radius 3 is 2.20 bits per heavy atom. The predicted octanol–water partition coefficient (Wildman–Crippen LogP) is 2.95. The van der Waals surface area contributed by atoms with Crippen LogP contribution in [0.15, 0.2) is 48.5 Å². The summed E-state index contributed by atoms with van der Waals surface area (Å²) in [4.78, 5) is 25.5. The van der Waals surface area contributed by atoms with E-state index >= 15 is 0 Å². The number of nitrogens with zero attached hydrogens (tertiary/aromatic N) is 1. The molecule has 0 aliphatic carbocycles. The number of rotatable bonds is 7. The van der Waals surface area contributed by atoms with E-state index in [2.05, 4.69) is 5.32 Å². The zero-order chi connectivity index (χ0) is 18.2. The maximum Gasteiger partial charge on any atom is 0.338 e. The van der Waals surface area contributed by atoms with E-state index in [-0.39, 0.29) is 18.5 Å². The molecule has 6 nitrogen and oxygen atoms in total. The number of esters is 1. The fourth-order valence-corrected chi connectivity index (χ4v) is 2.09. The van der Waals surface area contributed by atoms with Crippen LogP contribution in [-0.4, -0.2) is 39.2 Å². The van der Waals surface area contributed by atoms with Gasteiger partial charge in [0.25, 0.3) is 5.91 Å². The van der Waals surface area contributed by atoms with Crippen LogP contribution in [0.25, 0.3) is 0 Å². The summed E-state index contributed by atoms with van der Waals surface area (Å²) in [5.41, 5.74) is 2.20. The van der Waals surface area contributed by atoms with Crippen LogP contribution in [0.3, 0.4) is 0 Å². The third-order valence-corrected chi connectivity index (χ3v) is 3.40. The van der Waals surface area contributed by atoms with Crippen LogP contribution >= 0.6 is 0 Å². The van der Waals surface area contributed by atoms with Gasteiger partial charge in [0, 0.05) is 25.5 Å². The Labute approximate surface area is 147 Å². The summed E-state index contributed by atoms with van der Waals surface area (Å²) in [6.45, 7) is 1.96. The fourth-order valence-electron chi connectivity index (χ4n) is 2.09. The Morgan fingerprint density at radius 2 is 1.64 bits per heavy atom. The normalized spacial score (nSPS) is 10.0. The van der Waals surface area contributed by atoms with Gasteiger partial charge in [-0.1, -0.05) is 0 Å². The molecule has 0 unspecified atom stereocenters. The predicted molar refractivity (Wildman–Crippen MR) is 97.3 cm³/mol. The Balaban J connectivity index is 1.84. The van der Waals surface area contributed by atoms with Crippen molar-refractivity contribution in [2.24, 2.45) is 0 Å². The average molecular weight is 342 g/mol. The molecule has 0 saturated carbocycles. The lowest BCUT2D eigenvalue weighted by atomic mass is 10.2. The van der Waals surface area contributed by atoms with Crippen LogP contribution in [0.5, 0.6) is 5.75 Å². The second-order valence-electron chi connectivity index (χ2n) is 5.52. The largest absolute Gasteiger partial charge is 0.484 e. The molecule has 0 saturated heterocycles. The number of benzene rings is 2. The Morgan fingerprint density at radius 1 is 1.00 bits per heavy atom. The van der Waals surface area contributed by atoms with E-state index in [0.717, 1.165) is 5.69 Å². The molecule has 1 N–H and O–H groups in total. The number of carbonyl (C=O) groups excluding carboxylic acids is 2. The first-order valence-corrected chi connectivity index (χ1v) is 7.97. The minimum absolute atomic E-state index is 0.117. The van der Waals surface area contributed by atoms with Gasteiger partial charge < -0.3 is 19.7 Å². The quantitative estimate of drug-likeness (QED) is 0.784. The van der Waals surface area contributed by atoms with E-state index in [9.17, 15) is 9.59 Å². The zero-order valence-electron chi connectivity index (χ0n) is 14.6. The molecule has 2 aromatic rings. The summed E-state index contributed by atoms with van der Waals surface area (Å²) >= 11 is 0. The minimum atomic E-state index is -0.382. The van der Waals surface area contributed by atoms with Gasteiger partial charge in [-0.2, -0.15) is 0 Å². The van der Waals surface area contributed by atoms with Crippen LogP contribution in [0.2, 0.25) is 0 Å². The van der Waals surface area contributed by atoms with E-state index in [1.54, 1.807) is 31.2 Å². The number of carbonyl (C=O) groups is 2. The molecule has 2 aromatic carbocycles. The molecule has 0 heterocycles. The van der Waals surface area contributed by atoms with Gasteiger partial charge >= 0.3 is 5.97 Å². The van der Waals surface area contributed by atoms with Gasteiger partial charge in [0.2, 0.25) is 0 Å². The highest BCUT2D eigenvalue weighted by Gasteiger charge is 2.07. The van der Waals surface area contributed by atoms with Crippen molar-refractivity contribution in [3.63, 3.8) is 0 Å². The monoisotopic (exact) mass is 342 g/mol. The van der Waals surface area contributed by atoms with Crippen molar-refractivity contribution in [1.29, 1.82) is 0 Å². The highest BCUT2D eigenvalue weighted by molar-refractivity contribution is 5.92. The van der Waals surface area contributed by atoms with E-state index in [0.29, 0.717) is 23.6 Å². The smallest absolute Gasteiger partial charge is 0.338 e. The fraction of sp³-hybridized carbons (Fsp3) is 0.263. The highest BCUT2D eigenvalue weighted by atomic mass is 16.5. The molecule has 6 heteroatoms. The molecule has 2 rings (SSSR count). The van der Waals surface area contributed by atoms with Gasteiger partial charge in [-0.15, -0.1) is 0 Å². The molecule has 25 heavy (non-hydrogen) atoms. The molecular weight excluding hydrogens is 320 g/mol. The average Bonchev–Trinajstić information content (AvgIpc) is 2.61. The number of nitrogens with one attached hydrogen (secondary N) is 1. The van der Waals surface area contributed by atoms with Crippen molar-refractivity contribution in [3.8, 4) is 5.75 Å². The molecule has 0 aliphatic heterocycles. The number of ether oxygens (including phenoxy) is 2. The van der Waals surface area contributed by atoms with Gasteiger partial charge in [-0.05, 0) is 55.5 Å². The third-order valence-electron chi connectivity index (χ3n) is 3.40. The Bertz CT molecular complexity index is 709. The first kappa shape index (κ1) is 18.3. The maximum atomic E-state index is 11.9. The van der Waals surface area contributed by atoms with E-state index in [1.165, 1.54) is 0 Å². The van der Waals surface area contributed by atoms with Crippen LogP contribution in [0, 0.1) is 0 Å². The summed E-state index contributed by atoms with van der Waals surface area (Å²) in [5.74, 6) is -0.133. The van der Waals surface area contributed by atoms with E-state index in [4.69, 9.17) is 9.47 Å². The van der Waals surface area contributed by atoms with Crippen molar-refractivity contribution in [1.82, 2.24) is 0 Å². The van der Waals surface area contributed by atoms with Gasteiger partial charge in [0.1, 0.15) is 5.75 Å². The second-order valence-corrected chi connectivity index (χ2v) is 5.52. The lowest BCUT2D eigenvalue weighted by Crippen LogP contribution is -2.20. The molecule has 0 radical (unpaired) electrons. The van der Waals surface area contributed by atoms with Gasteiger partial charge in [-0.25, -0.2) is 4.79 Å². The van der Waals surface area contributed by atoms with Crippen molar-refractivity contribution in [3.05, 3.63) is 54.1 Å². The molecular formula is C19H22N2O4. The summed E-state index contributed by atoms with van der Waals surface area (Å²) in [7, 11) is 3.91. The maximum absolute atomic E-state index is 11.9. The SMILES string of the molecule is CCOC(=O)c1ccc(OCC(=O)Nc2ccc(N(C)C)cc2)cc1. The van der Waals surface area contributed by atoms with E-state index < -0.39 is 0 Å². The third kappa shape index (κ3) is 5.53. The molecule has 0 aromatic heterocycles. The summed E-state index contributed by atoms with van der Waals surface area (Å²) in [5, 5.41) is 2.77. The first-order chi connectivity index (χ1) is 12.0. The number of amides is 1. The molecule has 132 valence electrons. The van der Waals surface area contributed by atoms with Gasteiger partial charge in [0.05, 0.1) is 12.2 Å². The van der Waals surface area contributed by atoms with Crippen molar-refractivity contribution in [2.45, 2.75) is 6.92 Å². The number of anilines is 2. The Hall–Kier alpha value is -3.02. The topological polar surface area (TPSA) is 67.9 Å². The molecule has 1 amide bonds. The molecule has 0 aliphatic rings. The van der Waals surface area contributed by atoms with Crippen molar-refractivity contribution >= 4 is 23.3 Å². The standard InChI is InChI=1S/C19H22N2O4/c1-4-24-19(23)14-5-11-17(12-6-14)25-13-18(22)20-15-7-9-16(10-8-15)21(2)3/h5-12H,4,13H2,1-3H3,(H,20,22). The number of hydrogen-bond donors (Lipinski definition) is 1. The second kappa shape index (κ2) is 8.73. The van der Waals surface area contributed by atoms with Crippen LogP contribution in [-0.2, 0) is 9.53 Å². The molecule has 0 bridgehead atoms. The molecule has 0 spiro atoms. The summed E-state index contributed by atoms with van der Waals surface area (Å²) in [6, 6.07) is 14.0. The van der Waals surface area contributed by atoms with Gasteiger partial charge in [-0.3, -0.25) is 4.79 Å². The van der Waals surface area contributed by atoms with E-state index in [1.807, 2.05) is 43.3 Å². The summed E-state index contributed by atoms with van der Waals surface area (Å²) in [6.07, 6.45) is 0. The lowest BCUT2D eigenvalue weighted by molar-refractivity contribution is -0.118. The zero-order valence-corrected chi connectivity index (χ0v) is 14.6. The molecule has 0 fully saturated rings. The van der Waals surface area contributed by atoms with Crippen LogP contribution < -0.4 is 15.0 Å². The first-order valence-electron chi connectivity index (χ1n) is 7.97.